The zero-order valence-corrected chi connectivity index (χ0v) is 20.5. The fourth-order valence-corrected chi connectivity index (χ4v) is 3.70. The van der Waals surface area contributed by atoms with Gasteiger partial charge < -0.3 is 10.6 Å². The molecule has 0 radical (unpaired) electrons. The number of benzene rings is 1. The van der Waals surface area contributed by atoms with E-state index in [1.54, 1.807) is 11.3 Å². The van der Waals surface area contributed by atoms with Gasteiger partial charge in [-0.05, 0) is 39.8 Å². The average Bonchev–Trinajstić information content (AvgIpc) is 3.23. The van der Waals surface area contributed by atoms with Crippen LogP contribution in [0.5, 0.6) is 0 Å². The van der Waals surface area contributed by atoms with Crippen molar-refractivity contribution in [3.63, 3.8) is 0 Å². The van der Waals surface area contributed by atoms with Gasteiger partial charge in [-0.3, -0.25) is 0 Å². The first-order valence-electron chi connectivity index (χ1n) is 9.62. The molecule has 29 heavy (non-hydrogen) atoms. The Kier molecular flexibility index (Phi) is 9.09. The van der Waals surface area contributed by atoms with Gasteiger partial charge in [0.25, 0.3) is 0 Å². The van der Waals surface area contributed by atoms with Gasteiger partial charge in [-0.1, -0.05) is 18.2 Å². The van der Waals surface area contributed by atoms with Gasteiger partial charge in [-0.25, -0.2) is 14.7 Å². The Balaban J connectivity index is 0.00000300. The molecule has 0 unspecified atom stereocenters. The van der Waals surface area contributed by atoms with Crippen molar-refractivity contribution in [2.24, 2.45) is 4.99 Å². The lowest BCUT2D eigenvalue weighted by Crippen LogP contribution is -2.38. The van der Waals surface area contributed by atoms with Crippen molar-refractivity contribution in [1.82, 2.24) is 25.4 Å². The lowest BCUT2D eigenvalue weighted by atomic mass is 10.2. The predicted octanol–water partition coefficient (Wildman–Crippen LogP) is 4.17. The molecule has 3 rings (SSSR count). The van der Waals surface area contributed by atoms with Crippen molar-refractivity contribution < 1.29 is 0 Å². The minimum Gasteiger partial charge on any atom is -0.357 e. The Morgan fingerprint density at radius 2 is 1.90 bits per heavy atom. The quantitative estimate of drug-likeness (QED) is 0.277. The van der Waals surface area contributed by atoms with E-state index >= 15 is 0 Å². The number of nitrogens with zero attached hydrogens (tertiary/aromatic N) is 4. The van der Waals surface area contributed by atoms with Gasteiger partial charge in [0, 0.05) is 36.1 Å². The third-order valence-electron chi connectivity index (χ3n) is 4.52. The largest absolute Gasteiger partial charge is 0.357 e. The summed E-state index contributed by atoms with van der Waals surface area (Å²) >= 11 is 1.69. The number of nitrogens with one attached hydrogen (secondary N) is 2. The zero-order chi connectivity index (χ0) is 19.9. The topological polar surface area (TPSA) is 67.1 Å². The van der Waals surface area contributed by atoms with Crippen LogP contribution in [0.2, 0.25) is 0 Å². The number of para-hydroxylation sites is 1. The molecule has 0 fully saturated rings. The first-order valence-corrected chi connectivity index (χ1v) is 10.5. The summed E-state index contributed by atoms with van der Waals surface area (Å²) in [5.41, 5.74) is 5.50. The third-order valence-corrected chi connectivity index (χ3v) is 5.34. The van der Waals surface area contributed by atoms with Crippen molar-refractivity contribution in [3.8, 4) is 5.69 Å². The molecular weight excluding hydrogens is 495 g/mol. The smallest absolute Gasteiger partial charge is 0.191 e. The summed E-state index contributed by atoms with van der Waals surface area (Å²) in [5.74, 6) is 0.820. The fourth-order valence-electron chi connectivity index (χ4n) is 3.06. The maximum absolute atomic E-state index is 4.77. The minimum absolute atomic E-state index is 0. The van der Waals surface area contributed by atoms with E-state index in [9.17, 15) is 0 Å². The normalized spacial score (nSPS) is 11.2. The molecule has 1 aromatic carbocycles. The van der Waals surface area contributed by atoms with Gasteiger partial charge >= 0.3 is 0 Å². The van der Waals surface area contributed by atoms with Crippen LogP contribution in [0, 0.1) is 20.8 Å². The molecule has 2 heterocycles. The Morgan fingerprint density at radius 3 is 2.55 bits per heavy atom. The van der Waals surface area contributed by atoms with E-state index in [0.29, 0.717) is 6.54 Å². The average molecular weight is 524 g/mol. The summed E-state index contributed by atoms with van der Waals surface area (Å²) < 4.78 is 1.99. The summed E-state index contributed by atoms with van der Waals surface area (Å²) in [6.45, 7) is 10.5. The highest BCUT2D eigenvalue weighted by molar-refractivity contribution is 14.0. The van der Waals surface area contributed by atoms with Crippen LogP contribution in [0.25, 0.3) is 5.69 Å². The summed E-state index contributed by atoms with van der Waals surface area (Å²) in [6, 6.07) is 10.2. The second kappa shape index (κ2) is 11.3. The molecule has 0 atom stereocenters. The van der Waals surface area contributed by atoms with Crippen LogP contribution in [0.15, 0.2) is 40.7 Å². The van der Waals surface area contributed by atoms with E-state index in [2.05, 4.69) is 47.0 Å². The molecule has 156 valence electrons. The molecule has 0 aliphatic rings. The van der Waals surface area contributed by atoms with E-state index in [1.165, 1.54) is 0 Å². The molecular formula is C21H29IN6S. The molecule has 0 saturated heterocycles. The molecule has 0 bridgehead atoms. The summed E-state index contributed by atoms with van der Waals surface area (Å²) in [4.78, 5) is 9.28. The van der Waals surface area contributed by atoms with Gasteiger partial charge in [-0.2, -0.15) is 5.10 Å². The van der Waals surface area contributed by atoms with Crippen molar-refractivity contribution in [2.75, 3.05) is 13.1 Å². The van der Waals surface area contributed by atoms with Crippen LogP contribution < -0.4 is 10.6 Å². The monoisotopic (exact) mass is 524 g/mol. The second-order valence-electron chi connectivity index (χ2n) is 6.63. The molecule has 8 heteroatoms. The van der Waals surface area contributed by atoms with Crippen molar-refractivity contribution in [3.05, 3.63) is 63.4 Å². The number of hydrogen-bond acceptors (Lipinski definition) is 4. The third kappa shape index (κ3) is 6.27. The molecule has 2 aromatic heterocycles. The number of guanidine groups is 1. The summed E-state index contributed by atoms with van der Waals surface area (Å²) in [6.07, 6.45) is 0.888. The maximum atomic E-state index is 4.77. The van der Waals surface area contributed by atoms with Crippen molar-refractivity contribution in [2.45, 2.75) is 40.7 Å². The van der Waals surface area contributed by atoms with Gasteiger partial charge in [-0.15, -0.1) is 35.3 Å². The van der Waals surface area contributed by atoms with Crippen molar-refractivity contribution in [1.29, 1.82) is 0 Å². The number of aliphatic imine (C=N–C) groups is 1. The van der Waals surface area contributed by atoms with Crippen LogP contribution in [0.1, 0.15) is 34.6 Å². The van der Waals surface area contributed by atoms with Crippen LogP contribution >= 0.6 is 35.3 Å². The molecule has 3 aromatic rings. The SMILES string of the molecule is CCNC(=NCc1c(C)nn(-c2ccccc2)c1C)NCCc1csc(C)n1.I. The number of aryl methyl sites for hydroxylation is 2. The van der Waals surface area contributed by atoms with E-state index in [1.807, 2.05) is 36.7 Å². The van der Waals surface area contributed by atoms with Crippen LogP contribution in [0.3, 0.4) is 0 Å². The summed E-state index contributed by atoms with van der Waals surface area (Å²) in [5, 5.41) is 14.7. The van der Waals surface area contributed by atoms with E-state index in [0.717, 1.165) is 58.8 Å². The lowest BCUT2D eigenvalue weighted by molar-refractivity contribution is 0.789. The maximum Gasteiger partial charge on any atom is 0.191 e. The number of rotatable bonds is 7. The molecule has 0 amide bonds. The molecule has 0 spiro atoms. The number of hydrogen-bond donors (Lipinski definition) is 2. The standard InChI is InChI=1S/C21H28N6S.HI/c1-5-22-21(23-12-11-18-14-28-17(4)25-18)24-13-20-15(2)26-27(16(20)3)19-9-7-6-8-10-19;/h6-10,14H,5,11-13H2,1-4H3,(H2,22,23,24);1H. The Hall–Kier alpha value is -1.94. The van der Waals surface area contributed by atoms with Crippen LogP contribution in [0.4, 0.5) is 0 Å². The van der Waals surface area contributed by atoms with Crippen molar-refractivity contribution >= 4 is 41.3 Å². The van der Waals surface area contributed by atoms with E-state index in [-0.39, 0.29) is 24.0 Å². The van der Waals surface area contributed by atoms with Crippen LogP contribution in [-0.2, 0) is 13.0 Å². The van der Waals surface area contributed by atoms with Gasteiger partial charge in [0.1, 0.15) is 0 Å². The fraction of sp³-hybridized carbons (Fsp3) is 0.381. The van der Waals surface area contributed by atoms with Crippen LogP contribution in [-0.4, -0.2) is 33.8 Å². The lowest BCUT2D eigenvalue weighted by Gasteiger charge is -2.11. The van der Waals surface area contributed by atoms with E-state index in [4.69, 9.17) is 10.1 Å². The molecule has 6 nitrogen and oxygen atoms in total. The highest BCUT2D eigenvalue weighted by Crippen LogP contribution is 2.18. The minimum atomic E-state index is 0. The Morgan fingerprint density at radius 1 is 1.14 bits per heavy atom. The highest BCUT2D eigenvalue weighted by Gasteiger charge is 2.12. The number of thiazole rings is 1. The Bertz CT molecular complexity index is 932. The zero-order valence-electron chi connectivity index (χ0n) is 17.4. The molecule has 0 aliphatic carbocycles. The first kappa shape index (κ1) is 23.3. The number of aromatic nitrogens is 3. The van der Waals surface area contributed by atoms with Gasteiger partial charge in [0.05, 0.1) is 28.6 Å². The molecule has 0 aliphatic heterocycles. The molecule has 2 N–H and O–H groups in total. The van der Waals surface area contributed by atoms with Gasteiger partial charge in [0.2, 0.25) is 0 Å². The predicted molar refractivity (Wildman–Crippen MR) is 132 cm³/mol. The molecule has 0 saturated carbocycles. The summed E-state index contributed by atoms with van der Waals surface area (Å²) in [7, 11) is 0. The second-order valence-corrected chi connectivity index (χ2v) is 7.69. The van der Waals surface area contributed by atoms with E-state index < -0.39 is 0 Å². The van der Waals surface area contributed by atoms with Gasteiger partial charge in [0.15, 0.2) is 5.96 Å². The highest BCUT2D eigenvalue weighted by atomic mass is 127. The Labute approximate surface area is 193 Å². The first-order chi connectivity index (χ1) is 13.6. The number of halogens is 1.